The predicted octanol–water partition coefficient (Wildman–Crippen LogP) is 2.84. The summed E-state index contributed by atoms with van der Waals surface area (Å²) in [5.41, 5.74) is 1.55. The van der Waals surface area contributed by atoms with Gasteiger partial charge in [0, 0.05) is 44.5 Å². The minimum atomic E-state index is -0.101. The van der Waals surface area contributed by atoms with Gasteiger partial charge in [-0.2, -0.15) is 0 Å². The van der Waals surface area contributed by atoms with Gasteiger partial charge in [-0.1, -0.05) is 37.3 Å². The van der Waals surface area contributed by atoms with Gasteiger partial charge < -0.3 is 15.1 Å². The van der Waals surface area contributed by atoms with E-state index in [1.807, 2.05) is 35.2 Å². The molecule has 2 heterocycles. The van der Waals surface area contributed by atoms with Gasteiger partial charge in [-0.3, -0.25) is 9.59 Å². The highest BCUT2D eigenvalue weighted by atomic mass is 32.1. The smallest absolute Gasteiger partial charge is 0.273 e. The van der Waals surface area contributed by atoms with Crippen molar-refractivity contribution in [2.24, 2.45) is 0 Å². The van der Waals surface area contributed by atoms with Crippen LogP contribution in [0.15, 0.2) is 35.7 Å². The van der Waals surface area contributed by atoms with E-state index in [4.69, 9.17) is 0 Å². The molecule has 0 saturated carbocycles. The summed E-state index contributed by atoms with van der Waals surface area (Å²) in [6.45, 7) is 3.62. The number of hydrogen-bond acceptors (Lipinski definition) is 5. The van der Waals surface area contributed by atoms with Crippen LogP contribution in [0.5, 0.6) is 0 Å². The van der Waals surface area contributed by atoms with Gasteiger partial charge in [0.2, 0.25) is 5.91 Å². The Balaban J connectivity index is 1.76. The van der Waals surface area contributed by atoms with E-state index in [1.165, 1.54) is 11.3 Å². The average molecular weight is 372 g/mol. The van der Waals surface area contributed by atoms with Crippen LogP contribution in [0.4, 0.5) is 5.13 Å². The number of amides is 2. The number of carbonyl (C=O) groups excluding carboxylic acids is 2. The molecule has 1 fully saturated rings. The molecule has 0 bridgehead atoms. The molecule has 3 rings (SSSR count). The van der Waals surface area contributed by atoms with Crippen molar-refractivity contribution in [1.82, 2.24) is 14.8 Å². The van der Waals surface area contributed by atoms with Crippen molar-refractivity contribution in [3.8, 4) is 0 Å². The van der Waals surface area contributed by atoms with Crippen molar-refractivity contribution >= 4 is 28.3 Å². The van der Waals surface area contributed by atoms with Crippen LogP contribution in [-0.4, -0.2) is 52.8 Å². The van der Waals surface area contributed by atoms with Crippen LogP contribution < -0.4 is 5.32 Å². The molecule has 1 N–H and O–H groups in total. The maximum Gasteiger partial charge on any atom is 0.273 e. The lowest BCUT2D eigenvalue weighted by Gasteiger charge is -2.31. The van der Waals surface area contributed by atoms with Crippen LogP contribution in [0.25, 0.3) is 0 Å². The topological polar surface area (TPSA) is 65.5 Å². The molecule has 138 valence electrons. The second-order valence-electron chi connectivity index (χ2n) is 6.36. The number of carbonyl (C=O) groups is 2. The van der Waals surface area contributed by atoms with Crippen LogP contribution >= 0.6 is 11.3 Å². The third-order valence-corrected chi connectivity index (χ3v) is 5.54. The Labute approximate surface area is 157 Å². The minimum absolute atomic E-state index is 0.0107. The number of hydrogen-bond donors (Lipinski definition) is 1. The Morgan fingerprint density at radius 1 is 1.35 bits per heavy atom. The monoisotopic (exact) mass is 372 g/mol. The molecule has 1 aromatic heterocycles. The molecule has 7 heteroatoms. The first-order chi connectivity index (χ1) is 12.6. The van der Waals surface area contributed by atoms with Gasteiger partial charge in [-0.15, -0.1) is 11.3 Å². The summed E-state index contributed by atoms with van der Waals surface area (Å²) in [5.74, 6) is 0.000700. The first-order valence-corrected chi connectivity index (χ1v) is 9.76. The molecular weight excluding hydrogens is 348 g/mol. The molecule has 1 atom stereocenters. The third-order valence-electron chi connectivity index (χ3n) is 4.68. The van der Waals surface area contributed by atoms with E-state index in [9.17, 15) is 9.59 Å². The normalized spacial score (nSPS) is 17.9. The van der Waals surface area contributed by atoms with E-state index in [0.717, 1.165) is 17.1 Å². The molecule has 1 unspecified atom stereocenters. The first kappa shape index (κ1) is 18.4. The Hall–Kier alpha value is -2.41. The molecule has 0 spiro atoms. The van der Waals surface area contributed by atoms with Crippen molar-refractivity contribution in [2.75, 3.05) is 25.5 Å². The molecular formula is C19H24N4O2S. The summed E-state index contributed by atoms with van der Waals surface area (Å²) in [5, 5.41) is 5.44. The number of nitrogens with one attached hydrogen (secondary N) is 1. The lowest BCUT2D eigenvalue weighted by molar-refractivity contribution is -0.133. The highest BCUT2D eigenvalue weighted by Gasteiger charge is 2.31. The van der Waals surface area contributed by atoms with Crippen molar-refractivity contribution in [3.63, 3.8) is 0 Å². The van der Waals surface area contributed by atoms with E-state index in [2.05, 4.69) is 17.2 Å². The fraction of sp³-hybridized carbons (Fsp3) is 0.421. The van der Waals surface area contributed by atoms with Crippen LogP contribution in [-0.2, 0) is 11.3 Å². The number of aromatic nitrogens is 1. The molecule has 1 aliphatic heterocycles. The Kier molecular flexibility index (Phi) is 5.88. The van der Waals surface area contributed by atoms with Crippen molar-refractivity contribution < 1.29 is 9.59 Å². The predicted molar refractivity (Wildman–Crippen MR) is 103 cm³/mol. The lowest BCUT2D eigenvalue weighted by atomic mass is 10.1. The van der Waals surface area contributed by atoms with Crippen LogP contribution in [0.2, 0.25) is 0 Å². The molecule has 0 radical (unpaired) electrons. The van der Waals surface area contributed by atoms with E-state index in [0.29, 0.717) is 31.7 Å². The van der Waals surface area contributed by atoms with Gasteiger partial charge >= 0.3 is 0 Å². The number of rotatable bonds is 5. The quantitative estimate of drug-likeness (QED) is 0.876. The Morgan fingerprint density at radius 2 is 2.12 bits per heavy atom. The zero-order valence-corrected chi connectivity index (χ0v) is 16.0. The fourth-order valence-corrected chi connectivity index (χ4v) is 3.85. The van der Waals surface area contributed by atoms with Crippen LogP contribution in [0.1, 0.15) is 35.8 Å². The number of benzene rings is 1. The minimum Gasteiger partial charge on any atom is -0.365 e. The molecule has 1 saturated heterocycles. The standard InChI is InChI=1S/C19H24N4O2S/c1-3-15-12-22(18(25)16-13-26-19(20-2)21-16)10-9-17(24)23(15)11-14-7-5-4-6-8-14/h4-8,13,15H,3,9-12H2,1-2H3,(H,20,21). The van der Waals surface area contributed by atoms with Gasteiger partial charge in [0.25, 0.3) is 5.91 Å². The molecule has 6 nitrogen and oxygen atoms in total. The van der Waals surface area contributed by atoms with Gasteiger partial charge in [0.15, 0.2) is 5.13 Å². The highest BCUT2D eigenvalue weighted by Crippen LogP contribution is 2.21. The van der Waals surface area contributed by atoms with Crippen LogP contribution in [0, 0.1) is 0 Å². The van der Waals surface area contributed by atoms with Crippen molar-refractivity contribution in [2.45, 2.75) is 32.4 Å². The zero-order valence-electron chi connectivity index (χ0n) is 15.1. The second-order valence-corrected chi connectivity index (χ2v) is 7.22. The molecule has 1 aromatic carbocycles. The molecule has 2 aromatic rings. The Bertz CT molecular complexity index is 762. The van der Waals surface area contributed by atoms with E-state index in [1.54, 1.807) is 17.3 Å². The maximum atomic E-state index is 12.8. The maximum absolute atomic E-state index is 12.8. The van der Waals surface area contributed by atoms with Gasteiger partial charge in [-0.25, -0.2) is 4.98 Å². The lowest BCUT2D eigenvalue weighted by Crippen LogP contribution is -2.43. The fourth-order valence-electron chi connectivity index (χ4n) is 3.20. The van der Waals surface area contributed by atoms with Crippen molar-refractivity contribution in [1.29, 1.82) is 0 Å². The number of nitrogens with zero attached hydrogens (tertiary/aromatic N) is 3. The van der Waals surface area contributed by atoms with Crippen LogP contribution in [0.3, 0.4) is 0 Å². The van der Waals surface area contributed by atoms with Gasteiger partial charge in [0.05, 0.1) is 0 Å². The summed E-state index contributed by atoms with van der Waals surface area (Å²) in [4.78, 5) is 33.5. The average Bonchev–Trinajstić information content (AvgIpc) is 3.10. The van der Waals surface area contributed by atoms with E-state index >= 15 is 0 Å². The molecule has 1 aliphatic rings. The number of anilines is 1. The van der Waals surface area contributed by atoms with Crippen molar-refractivity contribution in [3.05, 3.63) is 47.0 Å². The summed E-state index contributed by atoms with van der Waals surface area (Å²) >= 11 is 1.41. The summed E-state index contributed by atoms with van der Waals surface area (Å²) in [7, 11) is 1.78. The first-order valence-electron chi connectivity index (χ1n) is 8.88. The van der Waals surface area contributed by atoms with Gasteiger partial charge in [0.1, 0.15) is 5.69 Å². The third kappa shape index (κ3) is 4.04. The second kappa shape index (κ2) is 8.31. The van der Waals surface area contributed by atoms with E-state index < -0.39 is 0 Å². The summed E-state index contributed by atoms with van der Waals surface area (Å²) in [6.07, 6.45) is 1.15. The molecule has 2 amide bonds. The zero-order chi connectivity index (χ0) is 18.5. The SMILES string of the molecule is CCC1CN(C(=O)c2csc(NC)n2)CCC(=O)N1Cc1ccccc1. The molecule has 0 aliphatic carbocycles. The Morgan fingerprint density at radius 3 is 2.77 bits per heavy atom. The van der Waals surface area contributed by atoms with Gasteiger partial charge in [-0.05, 0) is 12.0 Å². The highest BCUT2D eigenvalue weighted by molar-refractivity contribution is 7.13. The number of thiazole rings is 1. The largest absolute Gasteiger partial charge is 0.365 e. The summed E-state index contributed by atoms with van der Waals surface area (Å²) in [6, 6.07) is 10.0. The van der Waals surface area contributed by atoms with E-state index in [-0.39, 0.29) is 17.9 Å². The summed E-state index contributed by atoms with van der Waals surface area (Å²) < 4.78 is 0. The molecule has 26 heavy (non-hydrogen) atoms.